The summed E-state index contributed by atoms with van der Waals surface area (Å²) in [6, 6.07) is 13.1. The fourth-order valence-corrected chi connectivity index (χ4v) is 2.75. The van der Waals surface area contributed by atoms with Gasteiger partial charge >= 0.3 is 0 Å². The molecule has 25 heavy (non-hydrogen) atoms. The van der Waals surface area contributed by atoms with Gasteiger partial charge in [0.15, 0.2) is 11.5 Å². The predicted molar refractivity (Wildman–Crippen MR) is 101 cm³/mol. The van der Waals surface area contributed by atoms with Crippen molar-refractivity contribution >= 4 is 17.5 Å². The van der Waals surface area contributed by atoms with Gasteiger partial charge in [-0.3, -0.25) is 4.79 Å². The topological polar surface area (TPSA) is 38.8 Å². The van der Waals surface area contributed by atoms with E-state index < -0.39 is 0 Å². The first-order valence-electron chi connectivity index (χ1n) is 8.05. The first-order valence-corrected chi connectivity index (χ1v) is 8.42. The average Bonchev–Trinajstić information content (AvgIpc) is 2.63. The van der Waals surface area contributed by atoms with Crippen LogP contribution in [0.1, 0.15) is 22.8 Å². The second kappa shape index (κ2) is 9.14. The molecule has 0 aliphatic carbocycles. The van der Waals surface area contributed by atoms with Crippen LogP contribution in [0.2, 0.25) is 5.02 Å². The largest absolute Gasteiger partial charge is 0.493 e. The van der Waals surface area contributed by atoms with Gasteiger partial charge in [0, 0.05) is 18.7 Å². The second-order valence-electron chi connectivity index (χ2n) is 5.38. The predicted octanol–water partition coefficient (Wildman–Crippen LogP) is 4.58. The molecule has 4 nitrogen and oxygen atoms in total. The fraction of sp³-hybridized carbons (Fsp3) is 0.250. The van der Waals surface area contributed by atoms with Crippen molar-refractivity contribution < 1.29 is 14.3 Å². The van der Waals surface area contributed by atoms with Crippen molar-refractivity contribution in [3.05, 3.63) is 71.3 Å². The van der Waals surface area contributed by atoms with Gasteiger partial charge in [-0.25, -0.2) is 0 Å². The molecule has 0 saturated carbocycles. The number of hydrogen-bond acceptors (Lipinski definition) is 3. The first kappa shape index (κ1) is 18.9. The molecule has 0 radical (unpaired) electrons. The van der Waals surface area contributed by atoms with Crippen molar-refractivity contribution in [2.45, 2.75) is 13.5 Å². The monoisotopic (exact) mass is 359 g/mol. The molecule has 132 valence electrons. The molecule has 0 spiro atoms. The minimum atomic E-state index is -0.146. The molecule has 2 rings (SSSR count). The minimum absolute atomic E-state index is 0.146. The molecule has 0 heterocycles. The van der Waals surface area contributed by atoms with Crippen molar-refractivity contribution in [2.75, 3.05) is 20.3 Å². The number of nitrogens with zero attached hydrogens (tertiary/aromatic N) is 1. The Hall–Kier alpha value is -2.46. The summed E-state index contributed by atoms with van der Waals surface area (Å²) in [7, 11) is 1.52. The van der Waals surface area contributed by atoms with Gasteiger partial charge in [-0.1, -0.05) is 48.0 Å². The maximum atomic E-state index is 13.0. The van der Waals surface area contributed by atoms with Gasteiger partial charge in [-0.15, -0.1) is 6.58 Å². The Kier molecular flexibility index (Phi) is 6.90. The lowest BCUT2D eigenvalue weighted by molar-refractivity contribution is 0.0762. The van der Waals surface area contributed by atoms with Crippen LogP contribution < -0.4 is 9.47 Å². The molecule has 0 unspecified atom stereocenters. The summed E-state index contributed by atoms with van der Waals surface area (Å²) in [5.41, 5.74) is 1.49. The Labute approximate surface area is 153 Å². The smallest absolute Gasteiger partial charge is 0.254 e. The lowest BCUT2D eigenvalue weighted by Gasteiger charge is -2.22. The SMILES string of the molecule is C=CCN(Cc1ccccc1)C(=O)c1cc(Cl)c(OCC)c(OC)c1. The number of amides is 1. The molecule has 0 N–H and O–H groups in total. The summed E-state index contributed by atoms with van der Waals surface area (Å²) < 4.78 is 10.8. The third kappa shape index (κ3) is 4.77. The summed E-state index contributed by atoms with van der Waals surface area (Å²) in [5.74, 6) is 0.740. The number of carbonyl (C=O) groups is 1. The number of hydrogen-bond donors (Lipinski definition) is 0. The van der Waals surface area contributed by atoms with Crippen LogP contribution in [0.4, 0.5) is 0 Å². The van der Waals surface area contributed by atoms with E-state index in [1.165, 1.54) is 7.11 Å². The van der Waals surface area contributed by atoms with Crippen LogP contribution in [0, 0.1) is 0 Å². The molecule has 5 heteroatoms. The molecular formula is C20H22ClNO3. The highest BCUT2D eigenvalue weighted by molar-refractivity contribution is 6.32. The van der Waals surface area contributed by atoms with Gasteiger partial charge in [0.05, 0.1) is 18.7 Å². The van der Waals surface area contributed by atoms with Crippen LogP contribution in [0.5, 0.6) is 11.5 Å². The molecule has 2 aromatic carbocycles. The van der Waals surface area contributed by atoms with Crippen LogP contribution >= 0.6 is 11.6 Å². The summed E-state index contributed by atoms with van der Waals surface area (Å²) in [5, 5.41) is 0.350. The van der Waals surface area contributed by atoms with Gasteiger partial charge in [-0.2, -0.15) is 0 Å². The number of carbonyl (C=O) groups excluding carboxylic acids is 1. The van der Waals surface area contributed by atoms with Crippen LogP contribution in [-0.4, -0.2) is 31.1 Å². The quantitative estimate of drug-likeness (QED) is 0.648. The summed E-state index contributed by atoms with van der Waals surface area (Å²) in [4.78, 5) is 14.7. The maximum Gasteiger partial charge on any atom is 0.254 e. The first-order chi connectivity index (χ1) is 12.1. The Balaban J connectivity index is 2.32. The zero-order valence-electron chi connectivity index (χ0n) is 14.5. The van der Waals surface area contributed by atoms with E-state index in [-0.39, 0.29) is 5.91 Å². The lowest BCUT2D eigenvalue weighted by Crippen LogP contribution is -2.30. The van der Waals surface area contributed by atoms with Crippen LogP contribution in [0.25, 0.3) is 0 Å². The number of ether oxygens (including phenoxy) is 2. The third-order valence-electron chi connectivity index (χ3n) is 3.62. The molecule has 0 bridgehead atoms. The summed E-state index contributed by atoms with van der Waals surface area (Å²) >= 11 is 6.28. The van der Waals surface area contributed by atoms with Crippen molar-refractivity contribution in [3.63, 3.8) is 0 Å². The van der Waals surface area contributed by atoms with E-state index in [0.717, 1.165) is 5.56 Å². The van der Waals surface area contributed by atoms with Gasteiger partial charge in [0.1, 0.15) is 0 Å². The Morgan fingerprint density at radius 3 is 2.60 bits per heavy atom. The second-order valence-corrected chi connectivity index (χ2v) is 5.79. The van der Waals surface area contributed by atoms with E-state index >= 15 is 0 Å². The van der Waals surface area contributed by atoms with E-state index in [0.29, 0.717) is 41.8 Å². The van der Waals surface area contributed by atoms with E-state index in [1.54, 1.807) is 23.1 Å². The van der Waals surface area contributed by atoms with Gasteiger partial charge in [-0.05, 0) is 24.6 Å². The Bertz CT molecular complexity index is 731. The van der Waals surface area contributed by atoms with Crippen LogP contribution in [0.3, 0.4) is 0 Å². The molecule has 0 saturated heterocycles. The van der Waals surface area contributed by atoms with Gasteiger partial charge in [0.2, 0.25) is 0 Å². The Morgan fingerprint density at radius 2 is 2.00 bits per heavy atom. The number of halogens is 1. The van der Waals surface area contributed by atoms with E-state index in [2.05, 4.69) is 6.58 Å². The normalized spacial score (nSPS) is 10.2. The van der Waals surface area contributed by atoms with E-state index in [1.807, 2.05) is 37.3 Å². The molecule has 2 aromatic rings. The lowest BCUT2D eigenvalue weighted by atomic mass is 10.1. The van der Waals surface area contributed by atoms with Crippen molar-refractivity contribution in [3.8, 4) is 11.5 Å². The Morgan fingerprint density at radius 1 is 1.28 bits per heavy atom. The van der Waals surface area contributed by atoms with Crippen LogP contribution in [-0.2, 0) is 6.54 Å². The zero-order valence-corrected chi connectivity index (χ0v) is 15.3. The fourth-order valence-electron chi connectivity index (χ4n) is 2.49. The minimum Gasteiger partial charge on any atom is -0.493 e. The van der Waals surface area contributed by atoms with Gasteiger partial charge in [0.25, 0.3) is 5.91 Å². The van der Waals surface area contributed by atoms with Crippen molar-refractivity contribution in [2.24, 2.45) is 0 Å². The van der Waals surface area contributed by atoms with E-state index in [9.17, 15) is 4.79 Å². The molecule has 0 fully saturated rings. The standard InChI is InChI=1S/C20H22ClNO3/c1-4-11-22(14-15-9-7-6-8-10-15)20(23)16-12-17(21)19(25-5-2)18(13-16)24-3/h4,6-10,12-13H,1,5,11,14H2,2-3H3. The van der Waals surface area contributed by atoms with Crippen LogP contribution in [0.15, 0.2) is 55.1 Å². The highest BCUT2D eigenvalue weighted by atomic mass is 35.5. The summed E-state index contributed by atoms with van der Waals surface area (Å²) in [6.07, 6.45) is 1.70. The number of benzene rings is 2. The molecule has 0 aromatic heterocycles. The molecule has 0 atom stereocenters. The average molecular weight is 360 g/mol. The molecular weight excluding hydrogens is 338 g/mol. The van der Waals surface area contributed by atoms with Crippen molar-refractivity contribution in [1.82, 2.24) is 4.90 Å². The number of methoxy groups -OCH3 is 1. The summed E-state index contributed by atoms with van der Waals surface area (Å²) in [6.45, 7) is 6.98. The molecule has 1 amide bonds. The highest BCUT2D eigenvalue weighted by Crippen LogP contribution is 2.36. The maximum absolute atomic E-state index is 13.0. The highest BCUT2D eigenvalue weighted by Gasteiger charge is 2.20. The number of rotatable bonds is 8. The van der Waals surface area contributed by atoms with Gasteiger partial charge < -0.3 is 14.4 Å². The van der Waals surface area contributed by atoms with Crippen molar-refractivity contribution in [1.29, 1.82) is 0 Å². The molecule has 0 aliphatic heterocycles. The molecule has 0 aliphatic rings. The zero-order chi connectivity index (χ0) is 18.2. The van der Waals surface area contributed by atoms with E-state index in [4.69, 9.17) is 21.1 Å². The third-order valence-corrected chi connectivity index (χ3v) is 3.90.